The summed E-state index contributed by atoms with van der Waals surface area (Å²) < 4.78 is 53.9. The number of ketones is 1. The van der Waals surface area contributed by atoms with E-state index in [4.69, 9.17) is 24.7 Å². The Hall–Kier alpha value is -4.20. The third kappa shape index (κ3) is 5.75. The summed E-state index contributed by atoms with van der Waals surface area (Å²) in [6.45, 7) is 2.35. The summed E-state index contributed by atoms with van der Waals surface area (Å²) in [5.74, 6) is -7.77. The monoisotopic (exact) mass is 584 g/mol. The number of aromatic nitrogens is 2. The normalized spacial score (nSPS) is 26.9. The van der Waals surface area contributed by atoms with Crippen molar-refractivity contribution in [2.45, 2.75) is 56.6 Å². The van der Waals surface area contributed by atoms with E-state index < -0.39 is 66.1 Å². The SMILES string of the molecule is C[C@H](NC1C(=O)[C@]1(OC[C@H]1O[C@@H](n2ccc(N)nc2=O)C(F)(F)[C@@H]1C)Oc1ccccc1)C(=O)OCc1ccccc1. The van der Waals surface area contributed by atoms with Crippen LogP contribution in [0.15, 0.2) is 77.7 Å². The predicted octanol–water partition coefficient (Wildman–Crippen LogP) is 2.46. The number of nitrogens with zero attached hydrogens (tertiary/aromatic N) is 2. The highest BCUT2D eigenvalue weighted by molar-refractivity contribution is 6.10. The van der Waals surface area contributed by atoms with Crippen LogP contribution in [0, 0.1) is 5.92 Å². The van der Waals surface area contributed by atoms with Gasteiger partial charge in [0.15, 0.2) is 0 Å². The second kappa shape index (κ2) is 11.6. The molecule has 13 heteroatoms. The molecule has 1 aliphatic heterocycles. The van der Waals surface area contributed by atoms with Crippen LogP contribution in [0.25, 0.3) is 0 Å². The number of nitrogens with one attached hydrogen (secondary N) is 1. The van der Waals surface area contributed by atoms with E-state index in [0.29, 0.717) is 4.57 Å². The van der Waals surface area contributed by atoms with Crippen LogP contribution >= 0.6 is 0 Å². The van der Waals surface area contributed by atoms with Gasteiger partial charge in [0.2, 0.25) is 12.0 Å². The van der Waals surface area contributed by atoms with Gasteiger partial charge in [-0.1, -0.05) is 55.5 Å². The van der Waals surface area contributed by atoms with Crippen LogP contribution in [0.2, 0.25) is 0 Å². The maximum absolute atomic E-state index is 15.2. The predicted molar refractivity (Wildman–Crippen MR) is 144 cm³/mol. The Kier molecular flexibility index (Phi) is 8.08. The molecule has 222 valence electrons. The van der Waals surface area contributed by atoms with Gasteiger partial charge in [0.05, 0.1) is 18.6 Å². The zero-order valence-corrected chi connectivity index (χ0v) is 22.8. The number of hydrogen-bond donors (Lipinski definition) is 2. The number of halogens is 2. The topological polar surface area (TPSA) is 144 Å². The zero-order chi connectivity index (χ0) is 30.1. The van der Waals surface area contributed by atoms with Crippen molar-refractivity contribution in [2.24, 2.45) is 5.92 Å². The Morgan fingerprint density at radius 1 is 1.12 bits per heavy atom. The first kappa shape index (κ1) is 29.3. The van der Waals surface area contributed by atoms with E-state index in [9.17, 15) is 14.4 Å². The average Bonchev–Trinajstić information content (AvgIpc) is 3.42. The van der Waals surface area contributed by atoms with Crippen LogP contribution < -0.4 is 21.5 Å². The first-order chi connectivity index (χ1) is 20.0. The maximum atomic E-state index is 15.2. The van der Waals surface area contributed by atoms with E-state index in [1.807, 2.05) is 30.3 Å². The molecular weight excluding hydrogens is 554 g/mol. The number of esters is 1. The fourth-order valence-electron chi connectivity index (χ4n) is 4.67. The molecule has 42 heavy (non-hydrogen) atoms. The molecule has 2 aliphatic rings. The molecule has 11 nitrogen and oxygen atoms in total. The van der Waals surface area contributed by atoms with Crippen molar-refractivity contribution in [2.75, 3.05) is 12.3 Å². The molecule has 2 fully saturated rings. The van der Waals surface area contributed by atoms with Gasteiger partial charge in [-0.2, -0.15) is 4.98 Å². The summed E-state index contributed by atoms with van der Waals surface area (Å²) in [4.78, 5) is 41.5. The largest absolute Gasteiger partial charge is 0.460 e. The summed E-state index contributed by atoms with van der Waals surface area (Å²) in [5, 5.41) is 2.87. The molecule has 0 spiro atoms. The number of carbonyl (C=O) groups is 2. The highest BCUT2D eigenvalue weighted by atomic mass is 19.3. The second-order valence-corrected chi connectivity index (χ2v) is 10.2. The molecule has 1 aliphatic carbocycles. The molecule has 0 radical (unpaired) electrons. The lowest BCUT2D eigenvalue weighted by Gasteiger charge is -2.23. The average molecular weight is 585 g/mol. The van der Waals surface area contributed by atoms with Crippen molar-refractivity contribution < 1.29 is 37.3 Å². The van der Waals surface area contributed by atoms with Crippen molar-refractivity contribution >= 4 is 17.6 Å². The number of alkyl halides is 2. The molecule has 3 N–H and O–H groups in total. The van der Waals surface area contributed by atoms with E-state index in [1.165, 1.54) is 19.9 Å². The Morgan fingerprint density at radius 3 is 2.45 bits per heavy atom. The van der Waals surface area contributed by atoms with Crippen LogP contribution in [0.3, 0.4) is 0 Å². The summed E-state index contributed by atoms with van der Waals surface area (Å²) in [7, 11) is 0. The first-order valence-electron chi connectivity index (χ1n) is 13.3. The molecule has 3 aromatic rings. The quantitative estimate of drug-likeness (QED) is 0.255. The number of hydrogen-bond acceptors (Lipinski definition) is 10. The van der Waals surface area contributed by atoms with Crippen LogP contribution in [0.4, 0.5) is 14.6 Å². The lowest BCUT2D eigenvalue weighted by atomic mass is 10.00. The van der Waals surface area contributed by atoms with E-state index in [2.05, 4.69) is 10.3 Å². The zero-order valence-electron chi connectivity index (χ0n) is 22.8. The third-order valence-corrected chi connectivity index (χ3v) is 7.27. The second-order valence-electron chi connectivity index (χ2n) is 10.2. The van der Waals surface area contributed by atoms with Crippen LogP contribution in [0.1, 0.15) is 25.6 Å². The van der Waals surface area contributed by atoms with Gasteiger partial charge in [0.25, 0.3) is 11.7 Å². The van der Waals surface area contributed by atoms with Gasteiger partial charge in [-0.15, -0.1) is 0 Å². The Bertz CT molecular complexity index is 1490. The summed E-state index contributed by atoms with van der Waals surface area (Å²) >= 11 is 0. The smallest absolute Gasteiger partial charge is 0.351 e. The molecule has 1 saturated heterocycles. The van der Waals surface area contributed by atoms with Crippen LogP contribution in [0.5, 0.6) is 5.75 Å². The third-order valence-electron chi connectivity index (χ3n) is 7.27. The first-order valence-corrected chi connectivity index (χ1v) is 13.3. The molecule has 0 bridgehead atoms. The number of rotatable bonds is 11. The van der Waals surface area contributed by atoms with Crippen molar-refractivity contribution in [3.8, 4) is 5.75 Å². The highest BCUT2D eigenvalue weighted by Crippen LogP contribution is 2.47. The number of ether oxygens (including phenoxy) is 4. The Balaban J connectivity index is 1.29. The maximum Gasteiger partial charge on any atom is 0.351 e. The van der Waals surface area contributed by atoms with Gasteiger partial charge in [0.1, 0.15) is 30.3 Å². The van der Waals surface area contributed by atoms with Gasteiger partial charge < -0.3 is 24.7 Å². The number of benzene rings is 2. The molecule has 1 saturated carbocycles. The Labute approximate surface area is 239 Å². The van der Waals surface area contributed by atoms with E-state index in [-0.39, 0.29) is 18.2 Å². The molecule has 1 aromatic heterocycles. The number of Topliss-reactive ketones (excluding diaryl/α,β-unsaturated/α-hetero) is 1. The summed E-state index contributed by atoms with van der Waals surface area (Å²) in [5.41, 5.74) is 5.28. The molecule has 2 heterocycles. The van der Waals surface area contributed by atoms with Gasteiger partial charge in [-0.25, -0.2) is 13.6 Å². The summed E-state index contributed by atoms with van der Waals surface area (Å²) in [6, 6.07) is 16.6. The van der Waals surface area contributed by atoms with Crippen LogP contribution in [-0.2, 0) is 30.4 Å². The molecule has 0 amide bonds. The van der Waals surface area contributed by atoms with E-state index in [0.717, 1.165) is 11.8 Å². The van der Waals surface area contributed by atoms with Gasteiger partial charge in [0, 0.05) is 6.20 Å². The number of anilines is 1. The lowest BCUT2D eigenvalue weighted by molar-refractivity contribution is -0.162. The highest BCUT2D eigenvalue weighted by Gasteiger charge is 2.72. The van der Waals surface area contributed by atoms with E-state index >= 15 is 8.78 Å². The number of carbonyl (C=O) groups excluding carboxylic acids is 2. The number of nitrogens with two attached hydrogens (primary N) is 1. The lowest BCUT2D eigenvalue weighted by Crippen LogP contribution is -2.43. The minimum Gasteiger partial charge on any atom is -0.460 e. The van der Waals surface area contributed by atoms with Crippen molar-refractivity contribution in [1.82, 2.24) is 14.9 Å². The molecule has 6 atom stereocenters. The van der Waals surface area contributed by atoms with Gasteiger partial charge in [-0.05, 0) is 30.7 Å². The minimum absolute atomic E-state index is 0.0470. The molecule has 1 unspecified atom stereocenters. The van der Waals surface area contributed by atoms with E-state index in [1.54, 1.807) is 30.3 Å². The van der Waals surface area contributed by atoms with Crippen LogP contribution in [-0.4, -0.2) is 57.8 Å². The minimum atomic E-state index is -3.48. The summed E-state index contributed by atoms with van der Waals surface area (Å²) in [6.07, 6.45) is -2.11. The van der Waals surface area contributed by atoms with Crippen molar-refractivity contribution in [1.29, 1.82) is 0 Å². The van der Waals surface area contributed by atoms with Gasteiger partial charge in [-0.3, -0.25) is 19.5 Å². The fraction of sp³-hybridized carbons (Fsp3) is 0.379. The van der Waals surface area contributed by atoms with Crippen molar-refractivity contribution in [3.63, 3.8) is 0 Å². The molecule has 5 rings (SSSR count). The fourth-order valence-corrected chi connectivity index (χ4v) is 4.67. The Morgan fingerprint density at radius 2 is 1.79 bits per heavy atom. The molecule has 2 aromatic carbocycles. The van der Waals surface area contributed by atoms with Crippen molar-refractivity contribution in [3.05, 3.63) is 89.0 Å². The number of para-hydroxylation sites is 1. The number of nitrogen functional groups attached to an aromatic ring is 1. The molecular formula is C29H30F2N4O7. The standard InChI is InChI=1S/C29H30F2N4O7/c1-17-21(41-26(28(17,30)31)35-14-13-22(32)34-27(35)38)16-40-29(42-20-11-7-4-8-12-20)23(24(29)36)33-18(2)25(37)39-15-19-9-5-3-6-10-19/h3-14,17-18,21,23,26,33H,15-16H2,1-2H3,(H2,32,34,38)/t17-,18+,21-,23?,26-,29-/m1/s1. The van der Waals surface area contributed by atoms with Gasteiger partial charge >= 0.3 is 11.7 Å².